The Morgan fingerprint density at radius 3 is 2.15 bits per heavy atom. The normalized spacial score (nSPS) is 25.7. The predicted octanol–water partition coefficient (Wildman–Crippen LogP) is 5.58. The van der Waals surface area contributed by atoms with E-state index in [4.69, 9.17) is 11.6 Å². The van der Waals surface area contributed by atoms with Crippen LogP contribution in [0.25, 0.3) is 0 Å². The highest BCUT2D eigenvalue weighted by Crippen LogP contribution is 2.27. The number of hydrogen-bond donors (Lipinski definition) is 1. The highest BCUT2D eigenvalue weighted by atomic mass is 35.5. The van der Waals surface area contributed by atoms with Gasteiger partial charge in [-0.2, -0.15) is 0 Å². The van der Waals surface area contributed by atoms with Crippen LogP contribution in [-0.2, 0) is 0 Å². The van der Waals surface area contributed by atoms with E-state index in [0.717, 1.165) is 61.9 Å². The Balaban J connectivity index is 1.62. The number of benzene rings is 1. The van der Waals surface area contributed by atoms with Gasteiger partial charge in [-0.15, -0.1) is 0 Å². The summed E-state index contributed by atoms with van der Waals surface area (Å²) in [4.78, 5) is 4.91. The van der Waals surface area contributed by atoms with Gasteiger partial charge in [-0.05, 0) is 31.4 Å². The van der Waals surface area contributed by atoms with Crippen LogP contribution >= 0.6 is 11.6 Å². The van der Waals surface area contributed by atoms with E-state index in [1.807, 2.05) is 12.1 Å². The molecule has 1 saturated heterocycles. The maximum Gasteiger partial charge on any atom is 0.0742 e. The molecule has 1 aliphatic carbocycles. The molecule has 0 radical (unpaired) electrons. The van der Waals surface area contributed by atoms with Gasteiger partial charge in [0.15, 0.2) is 0 Å². The summed E-state index contributed by atoms with van der Waals surface area (Å²) in [5.74, 6) is 0. The van der Waals surface area contributed by atoms with Gasteiger partial charge in [0.2, 0.25) is 0 Å². The van der Waals surface area contributed by atoms with Crippen LogP contribution in [0, 0.1) is 0 Å². The highest BCUT2D eigenvalue weighted by Gasteiger charge is 2.28. The molecule has 27 heavy (non-hydrogen) atoms. The molecule has 0 amide bonds. The molecule has 2 fully saturated rings. The predicted molar refractivity (Wildman–Crippen MR) is 114 cm³/mol. The fraction of sp³-hybridized carbons (Fsp3) is 0.682. The zero-order chi connectivity index (χ0) is 18.9. The van der Waals surface area contributed by atoms with Gasteiger partial charge >= 0.3 is 0 Å². The van der Waals surface area contributed by atoms with Crippen LogP contribution in [0.15, 0.2) is 29.4 Å². The van der Waals surface area contributed by atoms with Crippen molar-refractivity contribution in [2.24, 2.45) is 5.16 Å². The third-order valence-electron chi connectivity index (χ3n) is 6.12. The Morgan fingerprint density at radius 2 is 1.48 bits per heavy atom. The molecule has 1 unspecified atom stereocenters. The van der Waals surface area contributed by atoms with Crippen molar-refractivity contribution in [1.29, 1.82) is 0 Å². The van der Waals surface area contributed by atoms with Gasteiger partial charge in [-0.25, -0.2) is 0 Å². The lowest BCUT2D eigenvalue weighted by molar-refractivity contribution is 0.208. The summed E-state index contributed by atoms with van der Waals surface area (Å²) < 4.78 is 0. The minimum absolute atomic E-state index is 0.294. The summed E-state index contributed by atoms with van der Waals surface area (Å²) in [5.41, 5.74) is 2.13. The zero-order valence-electron chi connectivity index (χ0n) is 16.5. The second-order valence-electron chi connectivity index (χ2n) is 7.95. The first-order chi connectivity index (χ1) is 13.3. The number of oxime groups is 1. The van der Waals surface area contributed by atoms with Gasteiger partial charge in [0, 0.05) is 26.2 Å². The van der Waals surface area contributed by atoms with Crippen molar-refractivity contribution >= 4 is 23.0 Å². The maximum absolute atomic E-state index is 9.70. The van der Waals surface area contributed by atoms with Crippen molar-refractivity contribution in [2.45, 2.75) is 70.3 Å². The fourth-order valence-corrected chi connectivity index (χ4v) is 4.79. The third-order valence-corrected chi connectivity index (χ3v) is 6.44. The van der Waals surface area contributed by atoms with Crippen LogP contribution < -0.4 is 4.90 Å². The topological polar surface area (TPSA) is 39.1 Å². The Hall–Kier alpha value is -1.26. The molecule has 0 bridgehead atoms. The van der Waals surface area contributed by atoms with Crippen LogP contribution in [0.1, 0.15) is 64.2 Å². The van der Waals surface area contributed by atoms with Gasteiger partial charge in [0.1, 0.15) is 0 Å². The number of para-hydroxylation sites is 1. The van der Waals surface area contributed by atoms with E-state index in [-0.39, 0.29) is 0 Å². The Kier molecular flexibility index (Phi) is 8.28. The average molecular weight is 392 g/mol. The fourth-order valence-electron chi connectivity index (χ4n) is 4.53. The highest BCUT2D eigenvalue weighted by molar-refractivity contribution is 6.33. The lowest BCUT2D eigenvalue weighted by atomic mass is 9.95. The molecular weight excluding hydrogens is 358 g/mol. The maximum atomic E-state index is 9.70. The lowest BCUT2D eigenvalue weighted by Gasteiger charge is -2.40. The quantitative estimate of drug-likeness (QED) is 0.528. The van der Waals surface area contributed by atoms with Crippen molar-refractivity contribution in [3.63, 3.8) is 0 Å². The number of halogens is 1. The summed E-state index contributed by atoms with van der Waals surface area (Å²) in [7, 11) is 0. The van der Waals surface area contributed by atoms with Crippen molar-refractivity contribution in [2.75, 3.05) is 31.1 Å². The van der Waals surface area contributed by atoms with E-state index < -0.39 is 0 Å². The van der Waals surface area contributed by atoms with Crippen LogP contribution in [0.2, 0.25) is 5.02 Å². The molecule has 0 aromatic heterocycles. The van der Waals surface area contributed by atoms with Crippen molar-refractivity contribution in [3.8, 4) is 0 Å². The third kappa shape index (κ3) is 5.86. The van der Waals surface area contributed by atoms with Crippen LogP contribution in [0.4, 0.5) is 5.69 Å². The SMILES string of the molecule is ON=C1CCCCCCCCCCC1N1CCN(c2ccccc2Cl)CC1. The van der Waals surface area contributed by atoms with Crippen LogP contribution in [0.5, 0.6) is 0 Å². The molecule has 150 valence electrons. The average Bonchev–Trinajstić information content (AvgIpc) is 2.69. The van der Waals surface area contributed by atoms with Crippen LogP contribution in [-0.4, -0.2) is 48.0 Å². The first-order valence-corrected chi connectivity index (χ1v) is 11.1. The van der Waals surface area contributed by atoms with Gasteiger partial charge in [0.05, 0.1) is 22.5 Å². The van der Waals surface area contributed by atoms with Crippen molar-refractivity contribution in [1.82, 2.24) is 4.90 Å². The molecule has 1 aliphatic heterocycles. The summed E-state index contributed by atoms with van der Waals surface area (Å²) >= 11 is 6.38. The number of piperazine rings is 1. The number of nitrogens with zero attached hydrogens (tertiary/aromatic N) is 3. The smallest absolute Gasteiger partial charge is 0.0742 e. The van der Waals surface area contributed by atoms with E-state index in [0.29, 0.717) is 6.04 Å². The Labute approximate surface area is 169 Å². The Bertz CT molecular complexity index is 599. The molecule has 1 saturated carbocycles. The van der Waals surface area contributed by atoms with Crippen molar-refractivity contribution < 1.29 is 5.21 Å². The summed E-state index contributed by atoms with van der Waals surface area (Å²) in [5, 5.41) is 14.3. The van der Waals surface area contributed by atoms with Crippen molar-refractivity contribution in [3.05, 3.63) is 29.3 Å². The molecule has 1 atom stereocenters. The largest absolute Gasteiger partial charge is 0.411 e. The molecule has 3 rings (SSSR count). The van der Waals surface area contributed by atoms with E-state index >= 15 is 0 Å². The molecule has 1 heterocycles. The second-order valence-corrected chi connectivity index (χ2v) is 8.36. The van der Waals surface area contributed by atoms with Gasteiger partial charge < -0.3 is 10.1 Å². The molecule has 1 aromatic rings. The molecule has 1 aromatic carbocycles. The molecule has 0 spiro atoms. The minimum Gasteiger partial charge on any atom is -0.411 e. The van der Waals surface area contributed by atoms with Gasteiger partial charge in [-0.3, -0.25) is 4.90 Å². The summed E-state index contributed by atoms with van der Waals surface area (Å²) in [6.07, 6.45) is 12.4. The monoisotopic (exact) mass is 391 g/mol. The van der Waals surface area contributed by atoms with E-state index in [2.05, 4.69) is 27.1 Å². The van der Waals surface area contributed by atoms with E-state index in [1.54, 1.807) is 0 Å². The molecule has 1 N–H and O–H groups in total. The lowest BCUT2D eigenvalue weighted by Crippen LogP contribution is -2.52. The minimum atomic E-state index is 0.294. The zero-order valence-corrected chi connectivity index (χ0v) is 17.2. The molecule has 2 aliphatic rings. The molecule has 5 heteroatoms. The first-order valence-electron chi connectivity index (χ1n) is 10.7. The van der Waals surface area contributed by atoms with E-state index in [1.165, 1.54) is 44.9 Å². The molecular formula is C22H34ClN3O. The summed E-state index contributed by atoms with van der Waals surface area (Å²) in [6, 6.07) is 8.40. The summed E-state index contributed by atoms with van der Waals surface area (Å²) in [6.45, 7) is 3.93. The number of anilines is 1. The number of rotatable bonds is 2. The van der Waals surface area contributed by atoms with E-state index in [9.17, 15) is 5.21 Å². The van der Waals surface area contributed by atoms with Gasteiger partial charge in [-0.1, -0.05) is 73.8 Å². The first kappa shape index (κ1) is 20.5. The Morgan fingerprint density at radius 1 is 0.852 bits per heavy atom. The second kappa shape index (κ2) is 10.9. The molecule has 4 nitrogen and oxygen atoms in total. The number of hydrogen-bond acceptors (Lipinski definition) is 4. The van der Waals surface area contributed by atoms with Crippen LogP contribution in [0.3, 0.4) is 0 Å². The standard InChI is InChI=1S/C22H34ClN3O/c23-19-11-9-10-13-21(19)25-15-17-26(18-16-25)22-14-8-6-4-2-1-3-5-7-12-20(22)24-27/h9-11,13,22,27H,1-8,12,14-18H2. The van der Waals surface area contributed by atoms with Gasteiger partial charge in [0.25, 0.3) is 0 Å².